The Morgan fingerprint density at radius 1 is 1.03 bits per heavy atom. The molecule has 1 aliphatic heterocycles. The summed E-state index contributed by atoms with van der Waals surface area (Å²) in [6, 6.07) is 14.2. The van der Waals surface area contributed by atoms with Gasteiger partial charge < -0.3 is 14.2 Å². The number of benzene rings is 3. The summed E-state index contributed by atoms with van der Waals surface area (Å²) in [5.74, 6) is -0.529. The lowest BCUT2D eigenvalue weighted by Gasteiger charge is -2.33. The molecule has 38 heavy (non-hydrogen) atoms. The Balaban J connectivity index is 1.88. The van der Waals surface area contributed by atoms with Crippen LogP contribution in [-0.2, 0) is 29.0 Å². The van der Waals surface area contributed by atoms with Crippen molar-refractivity contribution in [2.45, 2.75) is 49.5 Å². The molecule has 11 heteroatoms. The van der Waals surface area contributed by atoms with E-state index in [1.165, 1.54) is 30.7 Å². The van der Waals surface area contributed by atoms with Crippen molar-refractivity contribution in [3.05, 3.63) is 81.9 Å². The molecular weight excluding hydrogens is 512 g/mol. The lowest BCUT2D eigenvalue weighted by molar-refractivity contribution is -0.384. The van der Waals surface area contributed by atoms with Crippen LogP contribution in [0.4, 0.5) is 5.69 Å². The monoisotopic (exact) mass is 542 g/mol. The Morgan fingerprint density at radius 3 is 2.18 bits per heavy atom. The van der Waals surface area contributed by atoms with Gasteiger partial charge in [0.2, 0.25) is 10.0 Å². The van der Waals surface area contributed by atoms with Crippen LogP contribution in [0.5, 0.6) is 0 Å². The third kappa shape index (κ3) is 5.28. The third-order valence-electron chi connectivity index (χ3n) is 6.68. The Morgan fingerprint density at radius 2 is 1.63 bits per heavy atom. The summed E-state index contributed by atoms with van der Waals surface area (Å²) in [6.07, 6.45) is 0.319. The summed E-state index contributed by atoms with van der Waals surface area (Å²) < 4.78 is 46.1. The maximum atomic E-state index is 14.2. The Hall–Kier alpha value is -3.38. The van der Waals surface area contributed by atoms with Gasteiger partial charge in [0.15, 0.2) is 6.29 Å². The highest BCUT2D eigenvalue weighted by molar-refractivity contribution is 7.89. The van der Waals surface area contributed by atoms with Crippen LogP contribution in [0.3, 0.4) is 0 Å². The molecule has 0 radical (unpaired) electrons. The molecule has 10 nitrogen and oxygen atoms in total. The van der Waals surface area contributed by atoms with Crippen LogP contribution in [0.25, 0.3) is 10.8 Å². The number of non-ortho nitro benzene ring substituents is 1. The fourth-order valence-electron chi connectivity index (χ4n) is 4.83. The maximum absolute atomic E-state index is 14.2. The topological polar surface area (TPSA) is 125 Å². The number of nitrogens with zero attached hydrogens (tertiary/aromatic N) is 2. The second-order valence-corrected chi connectivity index (χ2v) is 10.8. The summed E-state index contributed by atoms with van der Waals surface area (Å²) in [4.78, 5) is 23.3. The van der Waals surface area contributed by atoms with Crippen molar-refractivity contribution in [2.24, 2.45) is 0 Å². The third-order valence-corrected chi connectivity index (χ3v) is 8.58. The van der Waals surface area contributed by atoms with E-state index in [1.807, 2.05) is 43.3 Å². The molecule has 3 aromatic carbocycles. The molecule has 1 heterocycles. The van der Waals surface area contributed by atoms with E-state index in [-0.39, 0.29) is 23.6 Å². The van der Waals surface area contributed by atoms with Crippen molar-refractivity contribution in [1.82, 2.24) is 4.31 Å². The number of methoxy groups -OCH3 is 2. The van der Waals surface area contributed by atoms with Gasteiger partial charge >= 0.3 is 5.97 Å². The van der Waals surface area contributed by atoms with Crippen LogP contribution < -0.4 is 0 Å². The molecule has 0 bridgehead atoms. The van der Waals surface area contributed by atoms with Gasteiger partial charge in [-0.2, -0.15) is 4.31 Å². The van der Waals surface area contributed by atoms with E-state index in [9.17, 15) is 23.3 Å². The zero-order valence-corrected chi connectivity index (χ0v) is 22.2. The molecule has 0 saturated carbocycles. The predicted octanol–water partition coefficient (Wildman–Crippen LogP) is 4.89. The molecule has 0 aliphatic carbocycles. The van der Waals surface area contributed by atoms with Gasteiger partial charge in [0.25, 0.3) is 5.69 Å². The fraction of sp³-hybridized carbons (Fsp3) is 0.370. The first kappa shape index (κ1) is 27.6. The largest absolute Gasteiger partial charge is 0.466 e. The number of hydrogen-bond donors (Lipinski definition) is 0. The number of rotatable bonds is 11. The summed E-state index contributed by atoms with van der Waals surface area (Å²) in [6.45, 7) is 2.22. The average Bonchev–Trinajstić information content (AvgIpc) is 3.21. The van der Waals surface area contributed by atoms with Crippen LogP contribution in [0, 0.1) is 10.1 Å². The number of nitro benzene ring substituents is 1. The number of hydrogen-bond acceptors (Lipinski definition) is 8. The molecule has 2 unspecified atom stereocenters. The molecular formula is C27H30N2O8S. The Bertz CT molecular complexity index is 1420. The zero-order chi connectivity index (χ0) is 27.4. The lowest BCUT2D eigenvalue weighted by Crippen LogP contribution is -2.40. The quantitative estimate of drug-likeness (QED) is 0.110. The first-order valence-corrected chi connectivity index (χ1v) is 13.7. The van der Waals surface area contributed by atoms with E-state index in [2.05, 4.69) is 0 Å². The van der Waals surface area contributed by atoms with Crippen molar-refractivity contribution in [3.63, 3.8) is 0 Å². The number of unbranched alkanes of at least 4 members (excludes halogenated alkanes) is 1. The van der Waals surface area contributed by atoms with E-state index in [4.69, 9.17) is 14.2 Å². The fourth-order valence-corrected chi connectivity index (χ4v) is 6.59. The second-order valence-electron chi connectivity index (χ2n) is 8.99. The summed E-state index contributed by atoms with van der Waals surface area (Å²) in [7, 11) is -1.47. The van der Waals surface area contributed by atoms with E-state index in [1.54, 1.807) is 0 Å². The summed E-state index contributed by atoms with van der Waals surface area (Å²) in [5, 5.41) is 12.9. The highest BCUT2D eigenvalue weighted by Gasteiger charge is 2.50. The number of sulfonamides is 1. The van der Waals surface area contributed by atoms with Crippen LogP contribution in [0.15, 0.2) is 65.6 Å². The average molecular weight is 543 g/mol. The van der Waals surface area contributed by atoms with Crippen molar-refractivity contribution < 1.29 is 32.3 Å². The van der Waals surface area contributed by atoms with Gasteiger partial charge in [-0.15, -0.1) is 0 Å². The smallest absolute Gasteiger partial charge is 0.307 e. The number of fused-ring (bicyclic) bond motifs is 2. The SMILES string of the molecule is CCCCOC(=O)CC1c2cc3ccccc3cc2C(C(OC)OC)N1S(=O)(=O)c1ccc([N+](=O)[O-])cc1. The standard InChI is InChI=1S/C27H30N2O8S/c1-4-5-14-37-25(30)17-24-22-15-18-8-6-7-9-19(18)16-23(22)26(27(35-2)36-3)28(24)38(33,34)21-12-10-20(11-13-21)29(31)32/h6-13,15-16,24,26-27H,4-5,14,17H2,1-3H3. The first-order valence-electron chi connectivity index (χ1n) is 12.2. The molecule has 3 aromatic rings. The van der Waals surface area contributed by atoms with Crippen molar-refractivity contribution in [1.29, 1.82) is 0 Å². The minimum absolute atomic E-state index is 0.152. The van der Waals surface area contributed by atoms with Crippen LogP contribution in [0.2, 0.25) is 0 Å². The molecule has 0 saturated heterocycles. The van der Waals surface area contributed by atoms with Gasteiger partial charge in [-0.1, -0.05) is 37.6 Å². The number of nitro groups is 1. The molecule has 4 rings (SSSR count). The predicted molar refractivity (Wildman–Crippen MR) is 140 cm³/mol. The molecule has 0 spiro atoms. The highest BCUT2D eigenvalue weighted by atomic mass is 32.2. The molecule has 0 fully saturated rings. The Kier molecular flexibility index (Phi) is 8.41. The molecule has 0 amide bonds. The van der Waals surface area contributed by atoms with E-state index >= 15 is 0 Å². The second kappa shape index (κ2) is 11.6. The van der Waals surface area contributed by atoms with Gasteiger partial charge in [0.1, 0.15) is 6.04 Å². The van der Waals surface area contributed by atoms with Crippen LogP contribution >= 0.6 is 0 Å². The lowest BCUT2D eigenvalue weighted by atomic mass is 9.95. The van der Waals surface area contributed by atoms with Gasteiger partial charge in [-0.25, -0.2) is 8.42 Å². The minimum Gasteiger partial charge on any atom is -0.466 e. The van der Waals surface area contributed by atoms with Crippen molar-refractivity contribution in [3.8, 4) is 0 Å². The van der Waals surface area contributed by atoms with Gasteiger partial charge in [0, 0.05) is 26.4 Å². The zero-order valence-electron chi connectivity index (χ0n) is 21.4. The number of ether oxygens (including phenoxy) is 3. The number of esters is 1. The van der Waals surface area contributed by atoms with Gasteiger partial charge in [-0.3, -0.25) is 14.9 Å². The molecule has 0 N–H and O–H groups in total. The van der Waals surface area contributed by atoms with Gasteiger partial charge in [0.05, 0.1) is 28.9 Å². The van der Waals surface area contributed by atoms with E-state index in [0.717, 1.165) is 29.3 Å². The van der Waals surface area contributed by atoms with Crippen LogP contribution in [-0.4, -0.2) is 50.7 Å². The van der Waals surface area contributed by atoms with E-state index < -0.39 is 39.3 Å². The van der Waals surface area contributed by atoms with Gasteiger partial charge in [-0.05, 0) is 52.6 Å². The number of carbonyl (C=O) groups excluding carboxylic acids is 1. The summed E-state index contributed by atoms with van der Waals surface area (Å²) in [5.41, 5.74) is 1.05. The van der Waals surface area contributed by atoms with Crippen LogP contribution in [0.1, 0.15) is 49.4 Å². The first-order chi connectivity index (χ1) is 18.2. The molecule has 202 valence electrons. The normalized spacial score (nSPS) is 17.6. The van der Waals surface area contributed by atoms with Crippen molar-refractivity contribution in [2.75, 3.05) is 20.8 Å². The van der Waals surface area contributed by atoms with E-state index in [0.29, 0.717) is 17.5 Å². The highest BCUT2D eigenvalue weighted by Crippen LogP contribution is 2.50. The minimum atomic E-state index is -4.30. The summed E-state index contributed by atoms with van der Waals surface area (Å²) >= 11 is 0. The molecule has 0 aromatic heterocycles. The Labute approximate surface area is 221 Å². The number of carbonyl (C=O) groups is 1. The molecule has 2 atom stereocenters. The molecule has 1 aliphatic rings. The maximum Gasteiger partial charge on any atom is 0.307 e. The van der Waals surface area contributed by atoms with Crippen molar-refractivity contribution >= 4 is 32.5 Å².